The Morgan fingerprint density at radius 1 is 0.958 bits per heavy atom. The fourth-order valence-corrected chi connectivity index (χ4v) is 2.43. The van der Waals surface area contributed by atoms with Crippen molar-refractivity contribution in [2.24, 2.45) is 0 Å². The summed E-state index contributed by atoms with van der Waals surface area (Å²) in [5.74, 6) is 1.67. The second kappa shape index (κ2) is 9.30. The second-order valence-corrected chi connectivity index (χ2v) is 6.21. The van der Waals surface area contributed by atoms with Crippen molar-refractivity contribution in [3.8, 4) is 11.5 Å². The molecular weight excluding hydrogens is 302 g/mol. The van der Waals surface area contributed by atoms with Crippen LogP contribution in [0.4, 0.5) is 0 Å². The lowest BCUT2D eigenvalue weighted by molar-refractivity contribution is 0.0723. The summed E-state index contributed by atoms with van der Waals surface area (Å²) in [5.41, 5.74) is 2.33. The van der Waals surface area contributed by atoms with E-state index in [-0.39, 0.29) is 6.61 Å². The number of likely N-dealkylation sites (N-methyl/N-ethyl adjacent to an activating group) is 1. The third-order valence-corrected chi connectivity index (χ3v) is 3.69. The quantitative estimate of drug-likeness (QED) is 0.768. The molecule has 0 radical (unpaired) electrons. The van der Waals surface area contributed by atoms with E-state index in [0.29, 0.717) is 13.2 Å². The molecular formula is C20H27NO3. The topological polar surface area (TPSA) is 41.9 Å². The third-order valence-electron chi connectivity index (χ3n) is 3.69. The van der Waals surface area contributed by atoms with Gasteiger partial charge in [0.05, 0.1) is 0 Å². The molecule has 1 N–H and O–H groups in total. The van der Waals surface area contributed by atoms with Crippen molar-refractivity contribution >= 4 is 0 Å². The molecule has 1 unspecified atom stereocenters. The van der Waals surface area contributed by atoms with Crippen LogP contribution in [-0.2, 0) is 0 Å². The second-order valence-electron chi connectivity index (χ2n) is 6.21. The van der Waals surface area contributed by atoms with Crippen LogP contribution in [0.1, 0.15) is 11.1 Å². The molecule has 0 aliphatic carbocycles. The van der Waals surface area contributed by atoms with Gasteiger partial charge in [-0.25, -0.2) is 0 Å². The van der Waals surface area contributed by atoms with Crippen molar-refractivity contribution in [1.82, 2.24) is 4.90 Å². The molecule has 2 aromatic rings. The van der Waals surface area contributed by atoms with E-state index in [0.717, 1.165) is 23.6 Å². The first-order valence-corrected chi connectivity index (χ1v) is 8.28. The van der Waals surface area contributed by atoms with Crippen LogP contribution >= 0.6 is 0 Å². The molecule has 4 nitrogen and oxygen atoms in total. The first-order chi connectivity index (χ1) is 11.5. The van der Waals surface area contributed by atoms with E-state index in [1.165, 1.54) is 5.56 Å². The standard InChI is InChI=1S/C20H27NO3/c1-16-6-4-8-19(12-16)23-11-10-21(3)14-18(22)15-24-20-9-5-7-17(2)13-20/h4-9,12-13,18,22H,10-11,14-15H2,1-3H3. The molecule has 0 aliphatic heterocycles. The van der Waals surface area contributed by atoms with Crippen molar-refractivity contribution in [1.29, 1.82) is 0 Å². The van der Waals surface area contributed by atoms with Gasteiger partial charge in [0.15, 0.2) is 0 Å². The normalized spacial score (nSPS) is 12.2. The minimum atomic E-state index is -0.533. The molecule has 0 saturated carbocycles. The molecule has 24 heavy (non-hydrogen) atoms. The van der Waals surface area contributed by atoms with Crippen LogP contribution in [0.2, 0.25) is 0 Å². The zero-order valence-electron chi connectivity index (χ0n) is 14.7. The Morgan fingerprint density at radius 2 is 1.54 bits per heavy atom. The summed E-state index contributed by atoms with van der Waals surface area (Å²) in [5, 5.41) is 10.1. The fraction of sp³-hybridized carbons (Fsp3) is 0.400. The number of aliphatic hydroxyl groups is 1. The molecule has 0 saturated heterocycles. The van der Waals surface area contributed by atoms with Crippen molar-refractivity contribution in [2.75, 3.05) is 33.4 Å². The summed E-state index contributed by atoms with van der Waals surface area (Å²) in [6, 6.07) is 15.8. The molecule has 2 aromatic carbocycles. The highest BCUT2D eigenvalue weighted by Crippen LogP contribution is 2.13. The smallest absolute Gasteiger partial charge is 0.119 e. The van der Waals surface area contributed by atoms with Gasteiger partial charge < -0.3 is 19.5 Å². The maximum absolute atomic E-state index is 10.1. The Morgan fingerprint density at radius 3 is 2.12 bits per heavy atom. The molecule has 130 valence electrons. The number of rotatable bonds is 9. The van der Waals surface area contributed by atoms with Crippen LogP contribution in [0.3, 0.4) is 0 Å². The van der Waals surface area contributed by atoms with Gasteiger partial charge in [-0.1, -0.05) is 24.3 Å². The average molecular weight is 329 g/mol. The van der Waals surface area contributed by atoms with E-state index in [4.69, 9.17) is 9.47 Å². The highest BCUT2D eigenvalue weighted by atomic mass is 16.5. The Hall–Kier alpha value is -2.04. The van der Waals surface area contributed by atoms with Crippen molar-refractivity contribution < 1.29 is 14.6 Å². The van der Waals surface area contributed by atoms with Crippen LogP contribution < -0.4 is 9.47 Å². The number of ether oxygens (including phenoxy) is 2. The predicted molar refractivity (Wildman–Crippen MR) is 96.9 cm³/mol. The Balaban J connectivity index is 1.65. The number of benzene rings is 2. The van der Waals surface area contributed by atoms with Gasteiger partial charge in [-0.05, 0) is 56.3 Å². The summed E-state index contributed by atoms with van der Waals surface area (Å²) in [4.78, 5) is 2.04. The largest absolute Gasteiger partial charge is 0.492 e. The highest BCUT2D eigenvalue weighted by molar-refractivity contribution is 5.28. The molecule has 0 spiro atoms. The molecule has 0 aliphatic rings. The maximum atomic E-state index is 10.1. The summed E-state index contributed by atoms with van der Waals surface area (Å²) < 4.78 is 11.4. The molecule has 0 fully saturated rings. The van der Waals surface area contributed by atoms with E-state index in [1.54, 1.807) is 0 Å². The molecule has 4 heteroatoms. The lowest BCUT2D eigenvalue weighted by Gasteiger charge is -2.21. The molecule has 0 aromatic heterocycles. The van der Waals surface area contributed by atoms with E-state index < -0.39 is 6.10 Å². The first-order valence-electron chi connectivity index (χ1n) is 8.28. The monoisotopic (exact) mass is 329 g/mol. The maximum Gasteiger partial charge on any atom is 0.119 e. The van der Waals surface area contributed by atoms with Crippen LogP contribution in [0.25, 0.3) is 0 Å². The number of aliphatic hydroxyl groups excluding tert-OH is 1. The Labute approximate surface area is 144 Å². The van der Waals surface area contributed by atoms with Gasteiger partial charge >= 0.3 is 0 Å². The van der Waals surface area contributed by atoms with E-state index in [9.17, 15) is 5.11 Å². The van der Waals surface area contributed by atoms with E-state index in [2.05, 4.69) is 0 Å². The molecule has 2 rings (SSSR count). The van der Waals surface area contributed by atoms with Crippen LogP contribution in [0.5, 0.6) is 11.5 Å². The van der Waals surface area contributed by atoms with E-state index in [1.807, 2.05) is 74.3 Å². The zero-order valence-corrected chi connectivity index (χ0v) is 14.7. The number of nitrogens with zero attached hydrogens (tertiary/aromatic N) is 1. The van der Waals surface area contributed by atoms with Crippen molar-refractivity contribution in [3.63, 3.8) is 0 Å². The summed E-state index contributed by atoms with van der Waals surface area (Å²) >= 11 is 0. The van der Waals surface area contributed by atoms with Crippen LogP contribution in [-0.4, -0.2) is 49.5 Å². The van der Waals surface area contributed by atoms with E-state index >= 15 is 0 Å². The molecule has 1 atom stereocenters. The molecule has 0 heterocycles. The van der Waals surface area contributed by atoms with Gasteiger partial charge in [0, 0.05) is 13.1 Å². The summed E-state index contributed by atoms with van der Waals surface area (Å²) in [7, 11) is 1.97. The third kappa shape index (κ3) is 6.60. The number of hydrogen-bond donors (Lipinski definition) is 1. The van der Waals surface area contributed by atoms with Gasteiger partial charge in [-0.2, -0.15) is 0 Å². The number of hydrogen-bond acceptors (Lipinski definition) is 4. The minimum absolute atomic E-state index is 0.284. The SMILES string of the molecule is Cc1cccc(OCCN(C)CC(O)COc2cccc(C)c2)c1. The Kier molecular flexibility index (Phi) is 7.09. The molecule has 0 amide bonds. The predicted octanol–water partition coefficient (Wildman–Crippen LogP) is 3.05. The summed E-state index contributed by atoms with van der Waals surface area (Å²) in [6.45, 7) is 6.23. The summed E-state index contributed by atoms with van der Waals surface area (Å²) in [6.07, 6.45) is -0.533. The lowest BCUT2D eigenvalue weighted by atomic mass is 10.2. The Bertz CT molecular complexity index is 630. The van der Waals surface area contributed by atoms with Crippen molar-refractivity contribution in [3.05, 3.63) is 59.7 Å². The number of aryl methyl sites for hydroxylation is 2. The lowest BCUT2D eigenvalue weighted by Crippen LogP contribution is -2.35. The minimum Gasteiger partial charge on any atom is -0.492 e. The first kappa shape index (κ1) is 18.3. The van der Waals surface area contributed by atoms with Gasteiger partial charge in [0.25, 0.3) is 0 Å². The highest BCUT2D eigenvalue weighted by Gasteiger charge is 2.09. The van der Waals surface area contributed by atoms with Gasteiger partial charge in [-0.3, -0.25) is 0 Å². The molecule has 0 bridgehead atoms. The van der Waals surface area contributed by atoms with Crippen molar-refractivity contribution in [2.45, 2.75) is 20.0 Å². The van der Waals surface area contributed by atoms with Gasteiger partial charge in [-0.15, -0.1) is 0 Å². The van der Waals surface area contributed by atoms with Gasteiger partial charge in [0.1, 0.15) is 30.8 Å². The zero-order chi connectivity index (χ0) is 17.4. The average Bonchev–Trinajstić information content (AvgIpc) is 2.53. The van der Waals surface area contributed by atoms with Gasteiger partial charge in [0.2, 0.25) is 0 Å². The fourth-order valence-electron chi connectivity index (χ4n) is 2.43. The van der Waals surface area contributed by atoms with Crippen LogP contribution in [0, 0.1) is 13.8 Å². The van der Waals surface area contributed by atoms with Crippen LogP contribution in [0.15, 0.2) is 48.5 Å².